The van der Waals surface area contributed by atoms with Crippen LogP contribution in [-0.4, -0.2) is 9.97 Å². The van der Waals surface area contributed by atoms with Crippen molar-refractivity contribution in [3.05, 3.63) is 39.8 Å². The molecule has 0 unspecified atom stereocenters. The van der Waals surface area contributed by atoms with Crippen LogP contribution in [0.2, 0.25) is 0 Å². The van der Waals surface area contributed by atoms with Gasteiger partial charge in [0.05, 0.1) is 10.2 Å². The second-order valence-corrected chi connectivity index (χ2v) is 4.46. The summed E-state index contributed by atoms with van der Waals surface area (Å²) >= 11 is 2.92. The molecule has 0 spiro atoms. The highest BCUT2D eigenvalue weighted by Gasteiger charge is 2.17. The Morgan fingerprint density at radius 2 is 1.84 bits per heavy atom. The van der Waals surface area contributed by atoms with Crippen LogP contribution in [0.4, 0.5) is 19.0 Å². The molecule has 19 heavy (non-hydrogen) atoms. The number of aromatic nitrogens is 2. The minimum atomic E-state index is -1.06. The lowest BCUT2D eigenvalue weighted by Gasteiger charge is -2.09. The first kappa shape index (κ1) is 13.8. The smallest absolute Gasteiger partial charge is 0.187 e. The predicted octanol–water partition coefficient (Wildman–Crippen LogP) is 2.92. The van der Waals surface area contributed by atoms with E-state index in [-0.39, 0.29) is 27.4 Å². The van der Waals surface area contributed by atoms with Crippen LogP contribution in [0.1, 0.15) is 5.69 Å². The molecule has 0 aliphatic heterocycles. The number of nitrogens with zero attached hydrogens (tertiary/aromatic N) is 2. The molecule has 1 aromatic carbocycles. The van der Waals surface area contributed by atoms with Crippen molar-refractivity contribution >= 4 is 21.7 Å². The van der Waals surface area contributed by atoms with Crippen LogP contribution in [0.15, 0.2) is 16.6 Å². The number of halogens is 4. The molecule has 0 fully saturated rings. The Bertz CT molecular complexity index is 648. The average molecular weight is 333 g/mol. The third-order valence-corrected chi connectivity index (χ3v) is 3.20. The first-order chi connectivity index (χ1) is 8.95. The van der Waals surface area contributed by atoms with Crippen molar-refractivity contribution in [2.24, 2.45) is 5.84 Å². The number of nitrogen functional groups attached to an aromatic ring is 1. The van der Waals surface area contributed by atoms with Crippen molar-refractivity contribution in [1.29, 1.82) is 0 Å². The second-order valence-electron chi connectivity index (χ2n) is 3.66. The molecule has 0 saturated heterocycles. The van der Waals surface area contributed by atoms with E-state index in [1.807, 2.05) is 0 Å². The maximum absolute atomic E-state index is 13.5. The summed E-state index contributed by atoms with van der Waals surface area (Å²) in [5, 5.41) is 0. The Morgan fingerprint density at radius 3 is 2.47 bits per heavy atom. The van der Waals surface area contributed by atoms with Crippen LogP contribution in [0.3, 0.4) is 0 Å². The summed E-state index contributed by atoms with van der Waals surface area (Å²) in [6.07, 6.45) is 0. The molecule has 0 aliphatic rings. The molecule has 0 bridgehead atoms. The summed E-state index contributed by atoms with van der Waals surface area (Å²) in [6, 6.07) is 2.22. The lowest BCUT2D eigenvalue weighted by Crippen LogP contribution is -2.13. The molecule has 0 amide bonds. The fourth-order valence-electron chi connectivity index (χ4n) is 1.47. The molecule has 0 atom stereocenters. The van der Waals surface area contributed by atoms with Crippen molar-refractivity contribution in [3.8, 4) is 11.4 Å². The van der Waals surface area contributed by atoms with E-state index in [9.17, 15) is 13.2 Å². The first-order valence-corrected chi connectivity index (χ1v) is 5.89. The average Bonchev–Trinajstić information content (AvgIpc) is 2.39. The summed E-state index contributed by atoms with van der Waals surface area (Å²) in [7, 11) is 0. The Labute approximate surface area is 115 Å². The Kier molecular flexibility index (Phi) is 3.72. The van der Waals surface area contributed by atoms with E-state index in [4.69, 9.17) is 5.84 Å². The zero-order valence-electron chi connectivity index (χ0n) is 9.64. The summed E-state index contributed by atoms with van der Waals surface area (Å²) in [5.74, 6) is 2.16. The van der Waals surface area contributed by atoms with Gasteiger partial charge in [0.15, 0.2) is 29.1 Å². The zero-order chi connectivity index (χ0) is 14.2. The van der Waals surface area contributed by atoms with Crippen LogP contribution >= 0.6 is 15.9 Å². The van der Waals surface area contributed by atoms with Crippen molar-refractivity contribution in [2.75, 3.05) is 5.43 Å². The summed E-state index contributed by atoms with van der Waals surface area (Å²) < 4.78 is 39.9. The Hall–Kier alpha value is -1.67. The topological polar surface area (TPSA) is 63.8 Å². The maximum Gasteiger partial charge on any atom is 0.187 e. The zero-order valence-corrected chi connectivity index (χ0v) is 11.2. The van der Waals surface area contributed by atoms with E-state index < -0.39 is 17.5 Å². The number of hydrogen-bond donors (Lipinski definition) is 2. The number of nitrogens with two attached hydrogens (primary N) is 1. The summed E-state index contributed by atoms with van der Waals surface area (Å²) in [6.45, 7) is 1.41. The normalized spacial score (nSPS) is 10.6. The van der Waals surface area contributed by atoms with Gasteiger partial charge in [0.2, 0.25) is 0 Å². The number of aryl methyl sites for hydroxylation is 1. The molecular formula is C11H8BrF3N4. The van der Waals surface area contributed by atoms with Crippen LogP contribution < -0.4 is 11.3 Å². The van der Waals surface area contributed by atoms with Crippen molar-refractivity contribution in [2.45, 2.75) is 6.92 Å². The third-order valence-electron chi connectivity index (χ3n) is 2.43. The molecule has 0 saturated carbocycles. The monoisotopic (exact) mass is 332 g/mol. The standard InChI is InChI=1S/C11H8BrF3N4/c1-4-8(14)11(19-16)18-10(17-4)5-2-3-6(13)9(15)7(5)12/h2-3H,16H2,1H3,(H,17,18,19). The molecule has 2 aromatic rings. The van der Waals surface area contributed by atoms with Gasteiger partial charge in [0.25, 0.3) is 0 Å². The van der Waals surface area contributed by atoms with Crippen molar-refractivity contribution < 1.29 is 13.2 Å². The van der Waals surface area contributed by atoms with Gasteiger partial charge in [-0.2, -0.15) is 0 Å². The molecule has 3 N–H and O–H groups in total. The van der Waals surface area contributed by atoms with E-state index in [0.29, 0.717) is 0 Å². The van der Waals surface area contributed by atoms with E-state index in [0.717, 1.165) is 6.07 Å². The molecule has 0 aliphatic carbocycles. The van der Waals surface area contributed by atoms with Gasteiger partial charge >= 0.3 is 0 Å². The second kappa shape index (κ2) is 5.14. The minimum Gasteiger partial charge on any atom is -0.306 e. The molecule has 2 rings (SSSR count). The van der Waals surface area contributed by atoms with Gasteiger partial charge in [-0.15, -0.1) is 0 Å². The minimum absolute atomic E-state index is 0.0256. The van der Waals surface area contributed by atoms with Crippen LogP contribution in [-0.2, 0) is 0 Å². The third kappa shape index (κ3) is 2.41. The molecular weight excluding hydrogens is 325 g/mol. The summed E-state index contributed by atoms with van der Waals surface area (Å²) in [4.78, 5) is 7.69. The van der Waals surface area contributed by atoms with Crippen LogP contribution in [0.5, 0.6) is 0 Å². The number of hydrazine groups is 1. The fourth-order valence-corrected chi connectivity index (χ4v) is 1.97. The van der Waals surface area contributed by atoms with Gasteiger partial charge in [-0.05, 0) is 35.0 Å². The highest BCUT2D eigenvalue weighted by atomic mass is 79.9. The van der Waals surface area contributed by atoms with Crippen molar-refractivity contribution in [1.82, 2.24) is 9.97 Å². The number of hydrogen-bond acceptors (Lipinski definition) is 4. The van der Waals surface area contributed by atoms with Gasteiger partial charge in [0.1, 0.15) is 0 Å². The molecule has 4 nitrogen and oxygen atoms in total. The number of benzene rings is 1. The number of nitrogens with one attached hydrogen (secondary N) is 1. The van der Waals surface area contributed by atoms with E-state index >= 15 is 0 Å². The lowest BCUT2D eigenvalue weighted by atomic mass is 10.2. The predicted molar refractivity (Wildman–Crippen MR) is 67.6 cm³/mol. The first-order valence-electron chi connectivity index (χ1n) is 5.10. The number of rotatable bonds is 2. The van der Waals surface area contributed by atoms with Gasteiger partial charge < -0.3 is 5.43 Å². The summed E-state index contributed by atoms with van der Waals surface area (Å²) in [5.41, 5.74) is 2.31. The quantitative estimate of drug-likeness (QED) is 0.504. The highest BCUT2D eigenvalue weighted by molar-refractivity contribution is 9.10. The molecule has 1 heterocycles. The van der Waals surface area contributed by atoms with Crippen molar-refractivity contribution in [3.63, 3.8) is 0 Å². The van der Waals surface area contributed by atoms with Gasteiger partial charge in [-0.25, -0.2) is 29.0 Å². The van der Waals surface area contributed by atoms with E-state index in [2.05, 4.69) is 31.3 Å². The Balaban J connectivity index is 2.66. The maximum atomic E-state index is 13.5. The SMILES string of the molecule is Cc1nc(-c2ccc(F)c(F)c2Br)nc(NN)c1F. The number of anilines is 1. The van der Waals surface area contributed by atoms with Gasteiger partial charge in [-0.1, -0.05) is 0 Å². The lowest BCUT2D eigenvalue weighted by molar-refractivity contribution is 0.504. The van der Waals surface area contributed by atoms with Crippen LogP contribution in [0.25, 0.3) is 11.4 Å². The fraction of sp³-hybridized carbons (Fsp3) is 0.0909. The van der Waals surface area contributed by atoms with E-state index in [1.54, 1.807) is 0 Å². The largest absolute Gasteiger partial charge is 0.306 e. The highest BCUT2D eigenvalue weighted by Crippen LogP contribution is 2.30. The molecule has 100 valence electrons. The Morgan fingerprint density at radius 1 is 1.16 bits per heavy atom. The molecule has 8 heteroatoms. The molecule has 0 radical (unpaired) electrons. The molecule has 1 aromatic heterocycles. The van der Waals surface area contributed by atoms with Gasteiger partial charge in [0, 0.05) is 5.56 Å². The van der Waals surface area contributed by atoms with E-state index in [1.165, 1.54) is 13.0 Å². The van der Waals surface area contributed by atoms with Crippen LogP contribution in [0, 0.1) is 24.4 Å². The van der Waals surface area contributed by atoms with Gasteiger partial charge in [-0.3, -0.25) is 0 Å².